The molecule has 0 saturated carbocycles. The predicted octanol–water partition coefficient (Wildman–Crippen LogP) is 3.37. The van der Waals surface area contributed by atoms with Crippen LogP contribution in [-0.4, -0.2) is 39.8 Å². The quantitative estimate of drug-likeness (QED) is 0.930. The van der Waals surface area contributed by atoms with Crippen LogP contribution in [0.4, 0.5) is 4.79 Å². The van der Waals surface area contributed by atoms with Crippen LogP contribution in [0.1, 0.15) is 45.6 Å². The number of piperidine rings is 1. The lowest BCUT2D eigenvalue weighted by Gasteiger charge is -2.33. The van der Waals surface area contributed by atoms with E-state index in [1.54, 1.807) is 12.3 Å². The molecular weight excluding hydrogens is 280 g/mol. The monoisotopic (exact) mass is 306 g/mol. The number of aromatic hydroxyl groups is 1. The Morgan fingerprint density at radius 2 is 2.05 bits per heavy atom. The average Bonchev–Trinajstić information content (AvgIpc) is 2.45. The second-order valence-corrected chi connectivity index (χ2v) is 6.97. The van der Waals surface area contributed by atoms with Gasteiger partial charge in [0, 0.05) is 25.4 Å². The number of amides is 1. The number of hydrogen-bond acceptors (Lipinski definition) is 4. The van der Waals surface area contributed by atoms with Gasteiger partial charge in [-0.25, -0.2) is 9.78 Å². The molecule has 2 heterocycles. The Kier molecular flexibility index (Phi) is 5.27. The van der Waals surface area contributed by atoms with E-state index in [-0.39, 0.29) is 12.0 Å². The minimum atomic E-state index is -0.431. The van der Waals surface area contributed by atoms with Crippen LogP contribution in [0.25, 0.3) is 0 Å². The lowest BCUT2D eigenvalue weighted by Crippen LogP contribution is -2.41. The van der Waals surface area contributed by atoms with E-state index in [2.05, 4.69) is 4.98 Å². The third-order valence-corrected chi connectivity index (χ3v) is 3.92. The van der Waals surface area contributed by atoms with E-state index in [1.165, 1.54) is 0 Å². The summed E-state index contributed by atoms with van der Waals surface area (Å²) >= 11 is 0. The summed E-state index contributed by atoms with van der Waals surface area (Å²) in [5.41, 5.74) is 0.715. The lowest BCUT2D eigenvalue weighted by atomic mass is 9.91. The van der Waals surface area contributed by atoms with E-state index in [1.807, 2.05) is 31.7 Å². The molecule has 1 aromatic rings. The fraction of sp³-hybridized carbons (Fsp3) is 0.647. The Bertz CT molecular complexity index is 486. The van der Waals surface area contributed by atoms with Crippen molar-refractivity contribution < 1.29 is 14.6 Å². The third-order valence-electron chi connectivity index (χ3n) is 3.92. The van der Waals surface area contributed by atoms with Gasteiger partial charge < -0.3 is 14.7 Å². The summed E-state index contributed by atoms with van der Waals surface area (Å²) < 4.78 is 5.41. The van der Waals surface area contributed by atoms with Gasteiger partial charge in [0.2, 0.25) is 5.88 Å². The summed E-state index contributed by atoms with van der Waals surface area (Å²) in [5, 5.41) is 9.17. The largest absolute Gasteiger partial charge is 0.493 e. The molecule has 122 valence electrons. The maximum absolute atomic E-state index is 12.0. The van der Waals surface area contributed by atoms with E-state index >= 15 is 0 Å². The second-order valence-electron chi connectivity index (χ2n) is 6.97. The molecule has 0 atom stereocenters. The normalized spacial score (nSPS) is 16.6. The van der Waals surface area contributed by atoms with Crippen molar-refractivity contribution in [3.63, 3.8) is 0 Å². The Labute approximate surface area is 132 Å². The number of nitrogens with zero attached hydrogens (tertiary/aromatic N) is 2. The van der Waals surface area contributed by atoms with Crippen LogP contribution < -0.4 is 0 Å². The molecular formula is C17H26N2O3. The highest BCUT2D eigenvalue weighted by atomic mass is 16.6. The molecule has 0 aliphatic carbocycles. The van der Waals surface area contributed by atoms with Crippen molar-refractivity contribution in [2.45, 2.75) is 52.1 Å². The van der Waals surface area contributed by atoms with Crippen molar-refractivity contribution in [1.82, 2.24) is 9.88 Å². The van der Waals surface area contributed by atoms with Crippen LogP contribution in [0.15, 0.2) is 18.3 Å². The Morgan fingerprint density at radius 1 is 1.36 bits per heavy atom. The minimum absolute atomic E-state index is 0.0643. The molecule has 5 nitrogen and oxygen atoms in total. The zero-order chi connectivity index (χ0) is 16.2. The van der Waals surface area contributed by atoms with Gasteiger partial charge in [0.15, 0.2) is 0 Å². The molecule has 0 radical (unpaired) electrons. The first-order valence-electron chi connectivity index (χ1n) is 7.95. The number of aryl methyl sites for hydroxylation is 1. The zero-order valence-electron chi connectivity index (χ0n) is 13.7. The number of carbonyl (C=O) groups excluding carboxylic acids is 1. The molecule has 1 N–H and O–H groups in total. The van der Waals surface area contributed by atoms with Gasteiger partial charge in [0.25, 0.3) is 0 Å². The highest BCUT2D eigenvalue weighted by Crippen LogP contribution is 2.24. The first-order valence-corrected chi connectivity index (χ1v) is 7.95. The number of hydrogen-bond donors (Lipinski definition) is 1. The molecule has 1 aromatic heterocycles. The maximum atomic E-state index is 12.0. The van der Waals surface area contributed by atoms with E-state index in [0.29, 0.717) is 5.92 Å². The van der Waals surface area contributed by atoms with Gasteiger partial charge in [-0.15, -0.1) is 0 Å². The van der Waals surface area contributed by atoms with Crippen LogP contribution >= 0.6 is 0 Å². The van der Waals surface area contributed by atoms with Crippen LogP contribution in [0.5, 0.6) is 5.88 Å². The smallest absolute Gasteiger partial charge is 0.410 e. The van der Waals surface area contributed by atoms with E-state index in [4.69, 9.17) is 4.74 Å². The van der Waals surface area contributed by atoms with E-state index in [9.17, 15) is 9.90 Å². The molecule has 1 amide bonds. The Balaban J connectivity index is 1.73. The molecule has 1 saturated heterocycles. The van der Waals surface area contributed by atoms with Gasteiger partial charge in [-0.1, -0.05) is 6.07 Å². The standard InChI is InChI=1S/C17H26N2O3/c1-17(2,3)22-16(21)19-10-8-13(9-11-19)4-5-14-6-7-15(20)18-12-14/h6-7,12-13H,4-5,8-11H2,1-3H3,(H,18,20). The molecule has 0 spiro atoms. The molecule has 0 aromatic carbocycles. The highest BCUT2D eigenvalue weighted by molar-refractivity contribution is 5.68. The molecule has 0 unspecified atom stereocenters. The summed E-state index contributed by atoms with van der Waals surface area (Å²) in [6.07, 6.45) is 5.62. The fourth-order valence-electron chi connectivity index (χ4n) is 2.67. The fourth-order valence-corrected chi connectivity index (χ4v) is 2.67. The van der Waals surface area contributed by atoms with Crippen molar-refractivity contribution in [2.75, 3.05) is 13.1 Å². The Hall–Kier alpha value is -1.78. The molecule has 22 heavy (non-hydrogen) atoms. The molecule has 1 aliphatic rings. The Morgan fingerprint density at radius 3 is 2.59 bits per heavy atom. The van der Waals surface area contributed by atoms with Crippen molar-refractivity contribution in [2.24, 2.45) is 5.92 Å². The molecule has 2 rings (SSSR count). The van der Waals surface area contributed by atoms with Crippen molar-refractivity contribution >= 4 is 6.09 Å². The summed E-state index contributed by atoms with van der Waals surface area (Å²) in [5.74, 6) is 0.696. The van der Waals surface area contributed by atoms with Gasteiger partial charge in [0.05, 0.1) is 0 Å². The van der Waals surface area contributed by atoms with Crippen LogP contribution in [0.3, 0.4) is 0 Å². The van der Waals surface area contributed by atoms with Crippen molar-refractivity contribution in [1.29, 1.82) is 0 Å². The first-order chi connectivity index (χ1) is 10.3. The van der Waals surface area contributed by atoms with E-state index in [0.717, 1.165) is 44.3 Å². The topological polar surface area (TPSA) is 62.7 Å². The van der Waals surface area contributed by atoms with Gasteiger partial charge in [-0.2, -0.15) is 0 Å². The maximum Gasteiger partial charge on any atom is 0.410 e. The first kappa shape index (κ1) is 16.6. The number of rotatable bonds is 3. The lowest BCUT2D eigenvalue weighted by molar-refractivity contribution is 0.0181. The summed E-state index contributed by atoms with van der Waals surface area (Å²) in [6, 6.07) is 3.54. The minimum Gasteiger partial charge on any atom is -0.493 e. The molecule has 0 bridgehead atoms. The second kappa shape index (κ2) is 6.99. The third kappa shape index (κ3) is 5.20. The molecule has 5 heteroatoms. The SMILES string of the molecule is CC(C)(C)OC(=O)N1CCC(CCc2ccc(O)nc2)CC1. The van der Waals surface area contributed by atoms with Crippen LogP contribution in [-0.2, 0) is 11.2 Å². The average molecular weight is 306 g/mol. The van der Waals surface area contributed by atoms with Gasteiger partial charge in [0.1, 0.15) is 5.60 Å². The highest BCUT2D eigenvalue weighted by Gasteiger charge is 2.26. The van der Waals surface area contributed by atoms with Crippen molar-refractivity contribution in [3.8, 4) is 5.88 Å². The number of likely N-dealkylation sites (tertiary alicyclic amines) is 1. The number of pyridine rings is 1. The van der Waals surface area contributed by atoms with Gasteiger partial charge in [-0.05, 0) is 57.9 Å². The summed E-state index contributed by atoms with van der Waals surface area (Å²) in [4.78, 5) is 17.7. The number of carbonyl (C=O) groups is 1. The number of ether oxygens (including phenoxy) is 1. The predicted molar refractivity (Wildman–Crippen MR) is 84.8 cm³/mol. The zero-order valence-corrected chi connectivity index (χ0v) is 13.7. The van der Waals surface area contributed by atoms with Crippen molar-refractivity contribution in [3.05, 3.63) is 23.9 Å². The van der Waals surface area contributed by atoms with Crippen LogP contribution in [0, 0.1) is 5.92 Å². The summed E-state index contributed by atoms with van der Waals surface area (Å²) in [6.45, 7) is 7.22. The summed E-state index contributed by atoms with van der Waals surface area (Å²) in [7, 11) is 0. The van der Waals surface area contributed by atoms with Gasteiger partial charge >= 0.3 is 6.09 Å². The number of aromatic nitrogens is 1. The van der Waals surface area contributed by atoms with Crippen LogP contribution in [0.2, 0.25) is 0 Å². The molecule has 1 aliphatic heterocycles. The van der Waals surface area contributed by atoms with E-state index < -0.39 is 5.60 Å². The van der Waals surface area contributed by atoms with Gasteiger partial charge in [-0.3, -0.25) is 0 Å². The molecule has 1 fully saturated rings.